The van der Waals surface area contributed by atoms with Crippen LogP contribution in [0.4, 0.5) is 0 Å². The van der Waals surface area contributed by atoms with E-state index in [9.17, 15) is 14.4 Å². The normalized spacial score (nSPS) is 12.1. The maximum atomic E-state index is 10.1. The lowest BCUT2D eigenvalue weighted by atomic mass is 10.4. The maximum absolute atomic E-state index is 10.1. The summed E-state index contributed by atoms with van der Waals surface area (Å²) in [7, 11) is 0. The van der Waals surface area contributed by atoms with Crippen LogP contribution in [0.2, 0.25) is 0 Å². The number of carboxylic acids is 2. The molecule has 0 spiro atoms. The van der Waals surface area contributed by atoms with Crippen LogP contribution < -0.4 is 11.2 Å². The molecule has 15 heavy (non-hydrogen) atoms. The van der Waals surface area contributed by atoms with E-state index in [1.165, 1.54) is 18.4 Å². The Bertz CT molecular complexity index is 320. The van der Waals surface area contributed by atoms with Gasteiger partial charge in [-0.05, 0) is 12.2 Å². The minimum absolute atomic E-state index is 0.0394. The predicted molar refractivity (Wildman–Crippen MR) is 45.9 cm³/mol. The average molecular weight is 216 g/mol. The van der Waals surface area contributed by atoms with Crippen molar-refractivity contribution in [2.24, 2.45) is 5.73 Å². The van der Waals surface area contributed by atoms with Gasteiger partial charge in [0.25, 0.3) is 0 Å². The lowest BCUT2D eigenvalue weighted by Gasteiger charge is -2.06. The second-order valence-electron chi connectivity index (χ2n) is 2.10. The van der Waals surface area contributed by atoms with Crippen molar-refractivity contribution >= 4 is 17.8 Å². The molecule has 0 unspecified atom stereocenters. The van der Waals surface area contributed by atoms with Gasteiger partial charge in [-0.3, -0.25) is 4.79 Å². The number of hydrogen-bond acceptors (Lipinski definition) is 5. The van der Waals surface area contributed by atoms with Gasteiger partial charge in [0, 0.05) is 0 Å². The molecule has 82 valence electrons. The molecule has 0 atom stereocenters. The van der Waals surface area contributed by atoms with E-state index < -0.39 is 17.8 Å². The minimum atomic E-state index is -1.60. The zero-order valence-electron chi connectivity index (χ0n) is 7.34. The van der Waals surface area contributed by atoms with Crippen molar-refractivity contribution in [3.05, 3.63) is 24.1 Å². The monoisotopic (exact) mass is 216 g/mol. The van der Waals surface area contributed by atoms with E-state index in [4.69, 9.17) is 10.2 Å². The van der Waals surface area contributed by atoms with Crippen molar-refractivity contribution in [2.75, 3.05) is 0 Å². The first-order chi connectivity index (χ1) is 6.95. The van der Waals surface area contributed by atoms with Crippen LogP contribution in [0.15, 0.2) is 24.1 Å². The van der Waals surface area contributed by atoms with Crippen LogP contribution in [0.1, 0.15) is 0 Å². The molecule has 0 saturated carbocycles. The molecule has 8 nitrogen and oxygen atoms in total. The Morgan fingerprint density at radius 1 is 1.33 bits per heavy atom. The van der Waals surface area contributed by atoms with Gasteiger partial charge < -0.3 is 20.8 Å². The Morgan fingerprint density at radius 3 is 2.07 bits per heavy atom. The Hall–Kier alpha value is -2.51. The van der Waals surface area contributed by atoms with E-state index in [0.717, 1.165) is 0 Å². The summed E-state index contributed by atoms with van der Waals surface area (Å²) < 4.78 is 0. The van der Waals surface area contributed by atoms with Crippen LogP contribution in [0.5, 0.6) is 0 Å². The molecule has 0 saturated heterocycles. The Morgan fingerprint density at radius 2 is 1.87 bits per heavy atom. The van der Waals surface area contributed by atoms with Gasteiger partial charge in [0.05, 0.1) is 0 Å². The van der Waals surface area contributed by atoms with E-state index in [-0.39, 0.29) is 5.70 Å². The number of allylic oxidation sites excluding steroid dienone is 2. The first-order valence-electron chi connectivity index (χ1n) is 3.49. The van der Waals surface area contributed by atoms with Gasteiger partial charge >= 0.3 is 17.8 Å². The number of carbonyl (C=O) groups is 3. The summed E-state index contributed by atoms with van der Waals surface area (Å²) in [5.74, 6) is -3.95. The van der Waals surface area contributed by atoms with Crippen molar-refractivity contribution < 1.29 is 29.4 Å². The first-order valence-corrected chi connectivity index (χ1v) is 3.49. The highest BCUT2D eigenvalue weighted by atomic mass is 16.6. The maximum Gasteiger partial charge on any atom is 0.394 e. The molecule has 8 heteroatoms. The summed E-state index contributed by atoms with van der Waals surface area (Å²) in [4.78, 5) is 33.1. The Labute approximate surface area is 83.6 Å². The topological polar surface area (TPSA) is 139 Å². The zero-order chi connectivity index (χ0) is 11.8. The number of carboxylic acid groups (broad SMARTS) is 2. The van der Waals surface area contributed by atoms with Gasteiger partial charge in [0.15, 0.2) is 5.70 Å². The lowest BCUT2D eigenvalue weighted by molar-refractivity contribution is -0.148. The fraction of sp³-hybridized carbons (Fsp3) is 0. The minimum Gasteiger partial charge on any atom is -0.476 e. The summed E-state index contributed by atoms with van der Waals surface area (Å²) in [6.45, 7) is 0. The molecule has 1 rings (SSSR count). The van der Waals surface area contributed by atoms with Crippen molar-refractivity contribution in [3.63, 3.8) is 0 Å². The van der Waals surface area contributed by atoms with Crippen LogP contribution in [-0.2, 0) is 19.2 Å². The predicted octanol–water partition coefficient (Wildman–Crippen LogP) is -1.44. The van der Waals surface area contributed by atoms with E-state index in [1.807, 2.05) is 0 Å². The Balaban J connectivity index is 0.000000288. The third kappa shape index (κ3) is 5.69. The third-order valence-corrected chi connectivity index (χ3v) is 1.02. The molecule has 1 amide bonds. The molecule has 0 aromatic rings. The van der Waals surface area contributed by atoms with Gasteiger partial charge in [-0.2, -0.15) is 0 Å². The molecular formula is C7H8N2O6. The van der Waals surface area contributed by atoms with Crippen molar-refractivity contribution in [3.8, 4) is 0 Å². The number of nitrogens with one attached hydrogen (secondary N) is 1. The largest absolute Gasteiger partial charge is 0.476 e. The van der Waals surface area contributed by atoms with E-state index in [0.29, 0.717) is 0 Å². The number of rotatable bonds is 1. The summed E-state index contributed by atoms with van der Waals surface area (Å²) in [6, 6.07) is 0. The highest BCUT2D eigenvalue weighted by Gasteiger charge is 2.06. The quantitative estimate of drug-likeness (QED) is 0.393. The highest BCUT2D eigenvalue weighted by molar-refractivity contribution is 6.30. The second-order valence-corrected chi connectivity index (χ2v) is 2.10. The van der Waals surface area contributed by atoms with Crippen molar-refractivity contribution in [2.45, 2.75) is 0 Å². The van der Waals surface area contributed by atoms with Gasteiger partial charge in [-0.1, -0.05) is 0 Å². The van der Waals surface area contributed by atoms with Crippen LogP contribution in [0.3, 0.4) is 0 Å². The molecule has 5 N–H and O–H groups in total. The van der Waals surface area contributed by atoms with Gasteiger partial charge in [-0.25, -0.2) is 15.1 Å². The van der Waals surface area contributed by atoms with E-state index in [2.05, 4.69) is 16.1 Å². The number of hydrogen-bond donors (Lipinski definition) is 4. The molecule has 0 aliphatic carbocycles. The fourth-order valence-corrected chi connectivity index (χ4v) is 0.421. The molecule has 0 bridgehead atoms. The lowest BCUT2D eigenvalue weighted by Crippen LogP contribution is -2.21. The highest BCUT2D eigenvalue weighted by Crippen LogP contribution is 1.95. The smallest absolute Gasteiger partial charge is 0.394 e. The van der Waals surface area contributed by atoms with E-state index >= 15 is 0 Å². The van der Waals surface area contributed by atoms with Crippen LogP contribution >= 0.6 is 0 Å². The first kappa shape index (κ1) is 12.5. The molecule has 0 radical (unpaired) electrons. The average Bonchev–Trinajstić information content (AvgIpc) is 2.20. The van der Waals surface area contributed by atoms with Gasteiger partial charge in [-0.15, -0.1) is 0 Å². The molecule has 0 aromatic heterocycles. The molecule has 0 fully saturated rings. The molecule has 1 aliphatic rings. The molecule has 0 aromatic carbocycles. The third-order valence-electron chi connectivity index (χ3n) is 1.02. The number of nitrogens with two attached hydrogens (primary N) is 1. The number of primary amides is 1. The van der Waals surface area contributed by atoms with Crippen molar-refractivity contribution in [1.82, 2.24) is 5.48 Å². The van der Waals surface area contributed by atoms with Crippen LogP contribution in [0.25, 0.3) is 0 Å². The number of carbonyl (C=O) groups excluding carboxylic acids is 1. The van der Waals surface area contributed by atoms with Crippen LogP contribution in [-0.4, -0.2) is 28.1 Å². The van der Waals surface area contributed by atoms with E-state index in [1.54, 1.807) is 0 Å². The standard InChI is InChI=1S/C5H5NO3.C2H3NO3/c7-5(8)4-2-1-3-9-6-4;3-1(4)2(5)6/h1-3,6H,(H,7,8);(H2,3,4)(H,5,6). The summed E-state index contributed by atoms with van der Waals surface area (Å²) in [5.41, 5.74) is 6.43. The second kappa shape index (κ2) is 6.02. The van der Waals surface area contributed by atoms with Gasteiger partial charge in [0.2, 0.25) is 0 Å². The molecular weight excluding hydrogens is 208 g/mol. The fourth-order valence-electron chi connectivity index (χ4n) is 0.421. The number of hydroxylamine groups is 1. The Kier molecular flexibility index (Phi) is 5.01. The summed E-state index contributed by atoms with van der Waals surface area (Å²) in [5, 5.41) is 15.8. The zero-order valence-corrected chi connectivity index (χ0v) is 7.34. The van der Waals surface area contributed by atoms with Crippen LogP contribution in [0, 0.1) is 0 Å². The van der Waals surface area contributed by atoms with Crippen molar-refractivity contribution in [1.29, 1.82) is 0 Å². The SMILES string of the molecule is NC(=O)C(=O)O.O=C(O)C1=CC=CON1. The summed E-state index contributed by atoms with van der Waals surface area (Å²) in [6.07, 6.45) is 4.26. The number of amides is 1. The molecule has 1 heterocycles. The number of aliphatic carboxylic acids is 2. The molecule has 1 aliphatic heterocycles. The van der Waals surface area contributed by atoms with Gasteiger partial charge in [0.1, 0.15) is 6.26 Å². The summed E-state index contributed by atoms with van der Waals surface area (Å²) >= 11 is 0.